The van der Waals surface area contributed by atoms with Crippen molar-refractivity contribution in [3.63, 3.8) is 0 Å². The number of hydrogen-bond acceptors (Lipinski definition) is 1. The summed E-state index contributed by atoms with van der Waals surface area (Å²) in [5, 5.41) is 0. The van der Waals surface area contributed by atoms with Gasteiger partial charge in [-0.25, -0.2) is 0 Å². The number of unbranched alkanes of at least 4 members (excludes halogenated alkanes) is 22. The summed E-state index contributed by atoms with van der Waals surface area (Å²) in [6.07, 6.45) is 37.8. The molecule has 0 saturated carbocycles. The van der Waals surface area contributed by atoms with Crippen LogP contribution in [0.2, 0.25) is 0 Å². The molecule has 32 heavy (non-hydrogen) atoms. The molecule has 194 valence electrons. The minimum absolute atomic E-state index is 0.821. The summed E-state index contributed by atoms with van der Waals surface area (Å²) < 4.78 is 0. The molecule has 0 aliphatic rings. The van der Waals surface area contributed by atoms with E-state index in [1.54, 1.807) is 0 Å². The standard InChI is InChI=1S/C31H65N/c1-5-7-9-11-13-14-15-16-17-18-19-20-21-22-24-26-28-30-31(32(3)4)29-27-25-23-12-10-8-6-2/h31H,5-30H2,1-4H3. The molecule has 1 atom stereocenters. The van der Waals surface area contributed by atoms with Gasteiger partial charge in [0.2, 0.25) is 0 Å². The van der Waals surface area contributed by atoms with Gasteiger partial charge in [-0.15, -0.1) is 0 Å². The van der Waals surface area contributed by atoms with E-state index in [0.29, 0.717) is 0 Å². The zero-order valence-electron chi connectivity index (χ0n) is 23.4. The summed E-state index contributed by atoms with van der Waals surface area (Å²) in [5.74, 6) is 0. The zero-order valence-corrected chi connectivity index (χ0v) is 23.4. The number of nitrogens with zero attached hydrogens (tertiary/aromatic N) is 1. The Bertz CT molecular complexity index is 324. The van der Waals surface area contributed by atoms with Crippen molar-refractivity contribution in [1.29, 1.82) is 0 Å². The van der Waals surface area contributed by atoms with E-state index in [0.717, 1.165) is 6.04 Å². The number of rotatable bonds is 27. The first kappa shape index (κ1) is 32.0. The Morgan fingerprint density at radius 2 is 0.562 bits per heavy atom. The lowest BCUT2D eigenvalue weighted by atomic mass is 9.99. The van der Waals surface area contributed by atoms with Gasteiger partial charge in [0, 0.05) is 6.04 Å². The summed E-state index contributed by atoms with van der Waals surface area (Å²) in [7, 11) is 4.58. The predicted octanol–water partition coefficient (Wildman–Crippen LogP) is 11.1. The molecule has 0 bridgehead atoms. The summed E-state index contributed by atoms with van der Waals surface area (Å²) in [6.45, 7) is 4.61. The van der Waals surface area contributed by atoms with Crippen LogP contribution >= 0.6 is 0 Å². The van der Waals surface area contributed by atoms with Crippen LogP contribution in [-0.4, -0.2) is 25.0 Å². The van der Waals surface area contributed by atoms with E-state index in [4.69, 9.17) is 0 Å². The maximum absolute atomic E-state index is 2.49. The fourth-order valence-corrected chi connectivity index (χ4v) is 5.10. The third kappa shape index (κ3) is 24.6. The molecule has 0 rings (SSSR count). The van der Waals surface area contributed by atoms with Gasteiger partial charge in [0.1, 0.15) is 0 Å². The molecular formula is C31H65N. The lowest BCUT2D eigenvalue weighted by molar-refractivity contribution is 0.251. The Kier molecular flexibility index (Phi) is 27.2. The van der Waals surface area contributed by atoms with Gasteiger partial charge in [-0.05, 0) is 26.9 Å². The van der Waals surface area contributed by atoms with Crippen molar-refractivity contribution < 1.29 is 0 Å². The molecule has 0 aliphatic carbocycles. The third-order valence-corrected chi connectivity index (χ3v) is 7.51. The molecule has 0 saturated heterocycles. The van der Waals surface area contributed by atoms with Crippen LogP contribution in [-0.2, 0) is 0 Å². The second-order valence-corrected chi connectivity index (χ2v) is 11.0. The van der Waals surface area contributed by atoms with Crippen molar-refractivity contribution in [1.82, 2.24) is 4.90 Å². The molecular weight excluding hydrogens is 386 g/mol. The molecule has 0 amide bonds. The van der Waals surface area contributed by atoms with Crippen LogP contribution in [0.3, 0.4) is 0 Å². The van der Waals surface area contributed by atoms with E-state index in [1.807, 2.05) is 0 Å². The molecule has 0 radical (unpaired) electrons. The Morgan fingerprint density at radius 3 is 0.781 bits per heavy atom. The molecule has 0 heterocycles. The smallest absolute Gasteiger partial charge is 0.00891 e. The molecule has 0 aromatic heterocycles. The van der Waals surface area contributed by atoms with Gasteiger partial charge in [-0.1, -0.05) is 168 Å². The van der Waals surface area contributed by atoms with Gasteiger partial charge in [0.05, 0.1) is 0 Å². The molecule has 1 unspecified atom stereocenters. The molecule has 0 aromatic rings. The Labute approximate surface area is 205 Å². The normalized spacial score (nSPS) is 12.7. The van der Waals surface area contributed by atoms with Crippen molar-refractivity contribution in [2.45, 2.75) is 187 Å². The minimum Gasteiger partial charge on any atom is -0.306 e. The van der Waals surface area contributed by atoms with Gasteiger partial charge in [-0.2, -0.15) is 0 Å². The molecule has 0 aromatic carbocycles. The fraction of sp³-hybridized carbons (Fsp3) is 1.00. The molecule has 0 aliphatic heterocycles. The van der Waals surface area contributed by atoms with Crippen molar-refractivity contribution in [3.8, 4) is 0 Å². The van der Waals surface area contributed by atoms with Gasteiger partial charge >= 0.3 is 0 Å². The molecule has 0 fully saturated rings. The van der Waals surface area contributed by atoms with Crippen LogP contribution in [0.25, 0.3) is 0 Å². The third-order valence-electron chi connectivity index (χ3n) is 7.51. The van der Waals surface area contributed by atoms with Crippen LogP contribution in [0.4, 0.5) is 0 Å². The summed E-state index contributed by atoms with van der Waals surface area (Å²) >= 11 is 0. The second kappa shape index (κ2) is 27.2. The van der Waals surface area contributed by atoms with Crippen molar-refractivity contribution in [3.05, 3.63) is 0 Å². The van der Waals surface area contributed by atoms with Gasteiger partial charge in [-0.3, -0.25) is 0 Å². The van der Waals surface area contributed by atoms with Crippen LogP contribution in [0.5, 0.6) is 0 Å². The topological polar surface area (TPSA) is 3.24 Å². The molecule has 0 N–H and O–H groups in total. The van der Waals surface area contributed by atoms with E-state index in [1.165, 1.54) is 167 Å². The first-order valence-corrected chi connectivity index (χ1v) is 15.4. The van der Waals surface area contributed by atoms with Crippen LogP contribution < -0.4 is 0 Å². The van der Waals surface area contributed by atoms with Crippen LogP contribution in [0.1, 0.15) is 181 Å². The monoisotopic (exact) mass is 452 g/mol. The summed E-state index contributed by atoms with van der Waals surface area (Å²) in [5.41, 5.74) is 0. The summed E-state index contributed by atoms with van der Waals surface area (Å²) in [6, 6.07) is 0.821. The van der Waals surface area contributed by atoms with E-state index in [2.05, 4.69) is 32.8 Å². The maximum Gasteiger partial charge on any atom is 0.00891 e. The second-order valence-electron chi connectivity index (χ2n) is 11.0. The maximum atomic E-state index is 2.49. The molecule has 1 nitrogen and oxygen atoms in total. The highest BCUT2D eigenvalue weighted by Crippen LogP contribution is 2.18. The van der Waals surface area contributed by atoms with Gasteiger partial charge in [0.15, 0.2) is 0 Å². The van der Waals surface area contributed by atoms with Crippen molar-refractivity contribution in [2.24, 2.45) is 0 Å². The highest BCUT2D eigenvalue weighted by Gasteiger charge is 2.10. The quantitative estimate of drug-likeness (QED) is 0.112. The van der Waals surface area contributed by atoms with Crippen molar-refractivity contribution >= 4 is 0 Å². The predicted molar refractivity (Wildman–Crippen MR) is 149 cm³/mol. The Balaban J connectivity index is 3.34. The minimum atomic E-state index is 0.821. The lowest BCUT2D eigenvalue weighted by Crippen LogP contribution is -2.27. The lowest BCUT2D eigenvalue weighted by Gasteiger charge is -2.24. The average Bonchev–Trinajstić information content (AvgIpc) is 2.78. The van der Waals surface area contributed by atoms with E-state index in [-0.39, 0.29) is 0 Å². The largest absolute Gasteiger partial charge is 0.306 e. The summed E-state index contributed by atoms with van der Waals surface area (Å²) in [4.78, 5) is 2.49. The number of hydrogen-bond donors (Lipinski definition) is 0. The molecule has 1 heteroatoms. The average molecular weight is 452 g/mol. The van der Waals surface area contributed by atoms with E-state index < -0.39 is 0 Å². The first-order chi connectivity index (χ1) is 15.7. The van der Waals surface area contributed by atoms with E-state index in [9.17, 15) is 0 Å². The highest BCUT2D eigenvalue weighted by molar-refractivity contribution is 4.67. The Hall–Kier alpha value is -0.0400. The molecule has 0 spiro atoms. The highest BCUT2D eigenvalue weighted by atomic mass is 15.1. The van der Waals surface area contributed by atoms with Gasteiger partial charge in [0.25, 0.3) is 0 Å². The fourth-order valence-electron chi connectivity index (χ4n) is 5.10. The Morgan fingerprint density at radius 1 is 0.344 bits per heavy atom. The SMILES string of the molecule is CCCCCCCCCCCCCCCCCCCC(CCCCCCCCC)N(C)C. The van der Waals surface area contributed by atoms with Gasteiger partial charge < -0.3 is 4.90 Å². The van der Waals surface area contributed by atoms with Crippen molar-refractivity contribution in [2.75, 3.05) is 14.1 Å². The van der Waals surface area contributed by atoms with E-state index >= 15 is 0 Å². The van der Waals surface area contributed by atoms with Crippen LogP contribution in [0.15, 0.2) is 0 Å². The zero-order chi connectivity index (χ0) is 23.5. The first-order valence-electron chi connectivity index (χ1n) is 15.4. The van der Waals surface area contributed by atoms with Crippen LogP contribution in [0, 0.1) is 0 Å².